The molecule has 0 aliphatic carbocycles. The normalized spacial score (nSPS) is 11.2. The van der Waals surface area contributed by atoms with E-state index >= 15 is 0 Å². The maximum absolute atomic E-state index is 12.1. The first-order valence-corrected chi connectivity index (χ1v) is 7.99. The molecule has 1 aromatic heterocycles. The van der Waals surface area contributed by atoms with Gasteiger partial charge in [0.05, 0.1) is 23.9 Å². The highest BCUT2D eigenvalue weighted by atomic mass is 32.2. The van der Waals surface area contributed by atoms with Crippen LogP contribution in [0.2, 0.25) is 0 Å². The summed E-state index contributed by atoms with van der Waals surface area (Å²) in [6.07, 6.45) is 0. The molecule has 0 atom stereocenters. The Labute approximate surface area is 120 Å². The van der Waals surface area contributed by atoms with Crippen LogP contribution in [0.5, 0.6) is 0 Å². The van der Waals surface area contributed by atoms with Crippen LogP contribution in [0.15, 0.2) is 28.5 Å². The molecule has 2 aromatic rings. The van der Waals surface area contributed by atoms with Crippen LogP contribution in [0.3, 0.4) is 0 Å². The maximum atomic E-state index is 12.1. The molecule has 1 aromatic carbocycles. The lowest BCUT2D eigenvalue weighted by molar-refractivity contribution is 0.581. The maximum Gasteiger partial charge on any atom is 0.242 e. The number of hydrogen-bond donors (Lipinski definition) is 2. The molecule has 0 spiro atoms. The number of thiazole rings is 1. The monoisotopic (exact) mass is 308 g/mol. The Hall–Kier alpha value is -1.95. The summed E-state index contributed by atoms with van der Waals surface area (Å²) in [5.74, 6) is 0. The van der Waals surface area contributed by atoms with Crippen molar-refractivity contribution >= 4 is 27.0 Å². The van der Waals surface area contributed by atoms with Crippen LogP contribution in [0.1, 0.15) is 16.3 Å². The van der Waals surface area contributed by atoms with Crippen molar-refractivity contribution in [1.29, 1.82) is 5.26 Å². The SMILES string of the molecule is Cc1csc(CNS(=O)(=O)c2ccc(C#N)cc2N)n1. The molecule has 0 aliphatic heterocycles. The topological polar surface area (TPSA) is 109 Å². The molecule has 0 radical (unpaired) electrons. The summed E-state index contributed by atoms with van der Waals surface area (Å²) in [6.45, 7) is 1.95. The molecule has 6 nitrogen and oxygen atoms in total. The van der Waals surface area contributed by atoms with Gasteiger partial charge < -0.3 is 5.73 Å². The quantitative estimate of drug-likeness (QED) is 0.829. The standard InChI is InChI=1S/C12H12N4O2S2/c1-8-7-19-12(16-8)6-15-20(17,18)11-3-2-9(5-13)4-10(11)14/h2-4,7,15H,6,14H2,1H3. The smallest absolute Gasteiger partial charge is 0.242 e. The molecular weight excluding hydrogens is 296 g/mol. The van der Waals surface area contributed by atoms with E-state index in [0.717, 1.165) is 5.69 Å². The van der Waals surface area contributed by atoms with Gasteiger partial charge in [-0.15, -0.1) is 11.3 Å². The number of nitrogen functional groups attached to an aromatic ring is 1. The van der Waals surface area contributed by atoms with Crippen molar-refractivity contribution in [2.75, 3.05) is 5.73 Å². The first-order valence-electron chi connectivity index (χ1n) is 5.62. The van der Waals surface area contributed by atoms with E-state index in [1.54, 1.807) is 0 Å². The van der Waals surface area contributed by atoms with E-state index in [9.17, 15) is 8.42 Å². The number of nitrogens with zero attached hydrogens (tertiary/aromatic N) is 2. The molecule has 8 heteroatoms. The molecule has 0 amide bonds. The predicted octanol–water partition coefficient (Wildman–Crippen LogP) is 1.38. The minimum absolute atomic E-state index is 0.0372. The van der Waals surface area contributed by atoms with Gasteiger partial charge in [0.15, 0.2) is 0 Å². The number of anilines is 1. The third kappa shape index (κ3) is 3.14. The minimum Gasteiger partial charge on any atom is -0.398 e. The van der Waals surface area contributed by atoms with Gasteiger partial charge in [0.2, 0.25) is 10.0 Å². The number of sulfonamides is 1. The predicted molar refractivity (Wildman–Crippen MR) is 76.4 cm³/mol. The van der Waals surface area contributed by atoms with E-state index in [0.29, 0.717) is 10.6 Å². The molecular formula is C12H12N4O2S2. The fraction of sp³-hybridized carbons (Fsp3) is 0.167. The number of nitriles is 1. The number of nitrogens with one attached hydrogen (secondary N) is 1. The van der Waals surface area contributed by atoms with Gasteiger partial charge in [0.25, 0.3) is 0 Å². The average molecular weight is 308 g/mol. The molecule has 20 heavy (non-hydrogen) atoms. The van der Waals surface area contributed by atoms with Crippen LogP contribution in [0, 0.1) is 18.3 Å². The van der Waals surface area contributed by atoms with E-state index in [2.05, 4.69) is 9.71 Å². The van der Waals surface area contributed by atoms with Crippen molar-refractivity contribution in [2.24, 2.45) is 0 Å². The summed E-state index contributed by atoms with van der Waals surface area (Å²) >= 11 is 1.38. The summed E-state index contributed by atoms with van der Waals surface area (Å²) < 4.78 is 26.7. The third-order valence-electron chi connectivity index (χ3n) is 2.51. The number of aromatic nitrogens is 1. The molecule has 0 bridgehead atoms. The first-order chi connectivity index (χ1) is 9.42. The summed E-state index contributed by atoms with van der Waals surface area (Å²) in [4.78, 5) is 4.14. The van der Waals surface area contributed by atoms with Crippen molar-refractivity contribution in [3.8, 4) is 6.07 Å². The summed E-state index contributed by atoms with van der Waals surface area (Å²) in [7, 11) is -3.72. The second kappa shape index (κ2) is 5.58. The largest absolute Gasteiger partial charge is 0.398 e. The van der Waals surface area contributed by atoms with Crippen molar-refractivity contribution in [2.45, 2.75) is 18.4 Å². The third-order valence-corrected chi connectivity index (χ3v) is 4.95. The minimum atomic E-state index is -3.72. The molecule has 0 aliphatic rings. The zero-order chi connectivity index (χ0) is 14.8. The molecule has 0 saturated carbocycles. The highest BCUT2D eigenvalue weighted by Crippen LogP contribution is 2.20. The fourth-order valence-corrected chi connectivity index (χ4v) is 3.48. The Morgan fingerprint density at radius 2 is 2.25 bits per heavy atom. The van der Waals surface area contributed by atoms with E-state index in [1.165, 1.54) is 29.5 Å². The lowest BCUT2D eigenvalue weighted by atomic mass is 10.2. The van der Waals surface area contributed by atoms with Crippen LogP contribution in [0.25, 0.3) is 0 Å². The second-order valence-corrected chi connectivity index (χ2v) is 6.75. The Morgan fingerprint density at radius 1 is 1.50 bits per heavy atom. The molecule has 0 fully saturated rings. The van der Waals surface area contributed by atoms with Gasteiger partial charge in [-0.25, -0.2) is 18.1 Å². The van der Waals surface area contributed by atoms with Crippen LogP contribution in [0.4, 0.5) is 5.69 Å². The first kappa shape index (κ1) is 14.5. The molecule has 3 N–H and O–H groups in total. The van der Waals surface area contributed by atoms with E-state index in [1.807, 2.05) is 18.4 Å². The molecule has 0 unspecified atom stereocenters. The van der Waals surface area contributed by atoms with Gasteiger partial charge in [-0.3, -0.25) is 0 Å². The number of rotatable bonds is 4. The number of benzene rings is 1. The second-order valence-electron chi connectivity index (χ2n) is 4.07. The molecule has 1 heterocycles. The van der Waals surface area contributed by atoms with Gasteiger partial charge >= 0.3 is 0 Å². The zero-order valence-electron chi connectivity index (χ0n) is 10.6. The molecule has 104 valence electrons. The van der Waals surface area contributed by atoms with Gasteiger partial charge in [-0.1, -0.05) is 0 Å². The van der Waals surface area contributed by atoms with E-state index < -0.39 is 10.0 Å². The number of aryl methyl sites for hydroxylation is 1. The Balaban J connectivity index is 2.20. The summed E-state index contributed by atoms with van der Waals surface area (Å²) in [5, 5.41) is 11.3. The fourth-order valence-electron chi connectivity index (χ4n) is 1.58. The number of nitrogens with two attached hydrogens (primary N) is 1. The Bertz CT molecular complexity index is 775. The van der Waals surface area contributed by atoms with Gasteiger partial charge in [-0.05, 0) is 25.1 Å². The highest BCUT2D eigenvalue weighted by molar-refractivity contribution is 7.89. The van der Waals surface area contributed by atoms with Crippen LogP contribution >= 0.6 is 11.3 Å². The van der Waals surface area contributed by atoms with Crippen LogP contribution in [-0.2, 0) is 16.6 Å². The van der Waals surface area contributed by atoms with Crippen molar-refractivity contribution < 1.29 is 8.42 Å². The molecule has 2 rings (SSSR count). The Morgan fingerprint density at radius 3 is 2.80 bits per heavy atom. The van der Waals surface area contributed by atoms with E-state index in [-0.39, 0.29) is 17.1 Å². The number of hydrogen-bond acceptors (Lipinski definition) is 6. The van der Waals surface area contributed by atoms with Gasteiger partial charge in [0.1, 0.15) is 9.90 Å². The zero-order valence-corrected chi connectivity index (χ0v) is 12.3. The van der Waals surface area contributed by atoms with Gasteiger partial charge in [0, 0.05) is 11.1 Å². The Kier molecular flexibility index (Phi) is 4.04. The van der Waals surface area contributed by atoms with Crippen LogP contribution in [-0.4, -0.2) is 13.4 Å². The van der Waals surface area contributed by atoms with Crippen LogP contribution < -0.4 is 10.5 Å². The molecule has 0 saturated heterocycles. The van der Waals surface area contributed by atoms with E-state index in [4.69, 9.17) is 11.0 Å². The average Bonchev–Trinajstić information content (AvgIpc) is 2.82. The lowest BCUT2D eigenvalue weighted by Crippen LogP contribution is -2.24. The lowest BCUT2D eigenvalue weighted by Gasteiger charge is -2.08. The van der Waals surface area contributed by atoms with Gasteiger partial charge in [-0.2, -0.15) is 5.26 Å². The summed E-state index contributed by atoms with van der Waals surface area (Å²) in [6, 6.07) is 5.98. The summed E-state index contributed by atoms with van der Waals surface area (Å²) in [5.41, 5.74) is 6.89. The van der Waals surface area contributed by atoms with Crippen molar-refractivity contribution in [1.82, 2.24) is 9.71 Å². The highest BCUT2D eigenvalue weighted by Gasteiger charge is 2.18. The van der Waals surface area contributed by atoms with Crippen molar-refractivity contribution in [3.63, 3.8) is 0 Å². The van der Waals surface area contributed by atoms with Crippen molar-refractivity contribution in [3.05, 3.63) is 39.8 Å².